The zero-order valence-electron chi connectivity index (χ0n) is 17.4. The van der Waals surface area contributed by atoms with Gasteiger partial charge in [0.2, 0.25) is 5.82 Å². The number of halogens is 2. The fourth-order valence-electron chi connectivity index (χ4n) is 4.40. The van der Waals surface area contributed by atoms with E-state index in [-0.39, 0.29) is 23.5 Å². The largest absolute Gasteiger partial charge is 0.491 e. The highest BCUT2D eigenvalue weighted by molar-refractivity contribution is 5.65. The van der Waals surface area contributed by atoms with Gasteiger partial charge in [-0.2, -0.15) is 4.39 Å². The summed E-state index contributed by atoms with van der Waals surface area (Å²) >= 11 is 0. The minimum absolute atomic E-state index is 0.0874. The Labute approximate surface area is 171 Å². The molecule has 158 valence electrons. The summed E-state index contributed by atoms with van der Waals surface area (Å²) in [6, 6.07) is 10.0. The molecule has 0 radical (unpaired) electrons. The van der Waals surface area contributed by atoms with Crippen LogP contribution in [0.5, 0.6) is 5.75 Å². The molecule has 1 N–H and O–H groups in total. The van der Waals surface area contributed by atoms with Gasteiger partial charge in [0.25, 0.3) is 0 Å². The lowest BCUT2D eigenvalue weighted by Crippen LogP contribution is -2.42. The lowest BCUT2D eigenvalue weighted by Gasteiger charge is -2.43. The van der Waals surface area contributed by atoms with Crippen LogP contribution in [0.4, 0.5) is 8.78 Å². The maximum Gasteiger partial charge on any atom is 0.201 e. The lowest BCUT2D eigenvalue weighted by molar-refractivity contribution is -0.107. The average Bonchev–Trinajstić information content (AvgIpc) is 2.74. The Hall–Kier alpha value is -1.98. The van der Waals surface area contributed by atoms with Crippen molar-refractivity contribution in [1.82, 2.24) is 0 Å². The van der Waals surface area contributed by atoms with E-state index in [9.17, 15) is 13.9 Å². The van der Waals surface area contributed by atoms with E-state index >= 15 is 0 Å². The Kier molecular flexibility index (Phi) is 6.59. The van der Waals surface area contributed by atoms with Crippen molar-refractivity contribution in [3.63, 3.8) is 0 Å². The molecule has 1 fully saturated rings. The molecule has 2 aromatic rings. The van der Waals surface area contributed by atoms with Crippen LogP contribution in [-0.4, -0.2) is 24.4 Å². The standard InChI is InChI=1S/C24H30F2O3/c1-4-12-23(28-3)13-15-24(27,16-14-23)18-8-6-17(7-9-18)19-10-11-20(29-5-2)22(26)21(19)25/h6-11,27H,4-5,12-16H2,1-3H3. The number of rotatable bonds is 7. The summed E-state index contributed by atoms with van der Waals surface area (Å²) < 4.78 is 39.5. The normalized spacial score (nSPS) is 24.5. The molecule has 0 aromatic heterocycles. The molecule has 0 atom stereocenters. The van der Waals surface area contributed by atoms with E-state index in [2.05, 4.69) is 6.92 Å². The summed E-state index contributed by atoms with van der Waals surface area (Å²) in [5, 5.41) is 11.2. The quantitative estimate of drug-likeness (QED) is 0.617. The van der Waals surface area contributed by atoms with Gasteiger partial charge >= 0.3 is 0 Å². The first-order valence-corrected chi connectivity index (χ1v) is 10.4. The molecule has 3 nitrogen and oxygen atoms in total. The van der Waals surface area contributed by atoms with Gasteiger partial charge in [-0.25, -0.2) is 4.39 Å². The Balaban J connectivity index is 1.80. The first kappa shape index (κ1) is 21.7. The molecule has 0 heterocycles. The van der Waals surface area contributed by atoms with Crippen LogP contribution in [0, 0.1) is 11.6 Å². The van der Waals surface area contributed by atoms with E-state index in [1.165, 1.54) is 12.1 Å². The third kappa shape index (κ3) is 4.31. The third-order valence-corrected chi connectivity index (χ3v) is 6.21. The van der Waals surface area contributed by atoms with Gasteiger partial charge in [-0.15, -0.1) is 0 Å². The molecule has 0 spiro atoms. The SMILES string of the molecule is CCCC1(OC)CCC(O)(c2ccc(-c3ccc(OCC)c(F)c3F)cc2)CC1. The number of hydrogen-bond donors (Lipinski definition) is 1. The van der Waals surface area contributed by atoms with Crippen molar-refractivity contribution in [2.75, 3.05) is 13.7 Å². The lowest BCUT2D eigenvalue weighted by atomic mass is 9.71. The summed E-state index contributed by atoms with van der Waals surface area (Å²) in [6.45, 7) is 4.13. The molecule has 0 bridgehead atoms. The maximum absolute atomic E-state index is 14.5. The van der Waals surface area contributed by atoms with Crippen LogP contribution in [-0.2, 0) is 10.3 Å². The molecule has 1 aliphatic rings. The zero-order valence-corrected chi connectivity index (χ0v) is 17.4. The minimum atomic E-state index is -0.980. The van der Waals surface area contributed by atoms with Gasteiger partial charge in [-0.3, -0.25) is 0 Å². The highest BCUT2D eigenvalue weighted by Gasteiger charge is 2.42. The maximum atomic E-state index is 14.5. The van der Waals surface area contributed by atoms with Crippen molar-refractivity contribution < 1.29 is 23.4 Å². The highest BCUT2D eigenvalue weighted by Crippen LogP contribution is 2.45. The molecule has 5 heteroatoms. The van der Waals surface area contributed by atoms with Crippen molar-refractivity contribution >= 4 is 0 Å². The Bertz CT molecular complexity index is 825. The first-order chi connectivity index (χ1) is 13.9. The number of benzene rings is 2. The first-order valence-electron chi connectivity index (χ1n) is 10.4. The van der Waals surface area contributed by atoms with Gasteiger partial charge in [0, 0.05) is 12.7 Å². The molecule has 2 aromatic carbocycles. The second-order valence-electron chi connectivity index (χ2n) is 7.92. The van der Waals surface area contributed by atoms with Gasteiger partial charge in [0.05, 0.1) is 17.8 Å². The summed E-state index contributed by atoms with van der Waals surface area (Å²) in [4.78, 5) is 0. The molecule has 0 unspecified atom stereocenters. The Morgan fingerprint density at radius 2 is 1.59 bits per heavy atom. The smallest absolute Gasteiger partial charge is 0.201 e. The molecule has 1 aliphatic carbocycles. The van der Waals surface area contributed by atoms with Crippen LogP contribution >= 0.6 is 0 Å². The molecule has 0 aliphatic heterocycles. The van der Waals surface area contributed by atoms with E-state index < -0.39 is 17.2 Å². The Morgan fingerprint density at radius 1 is 0.931 bits per heavy atom. The fourth-order valence-corrected chi connectivity index (χ4v) is 4.40. The van der Waals surface area contributed by atoms with Crippen LogP contribution < -0.4 is 4.74 Å². The third-order valence-electron chi connectivity index (χ3n) is 6.21. The van der Waals surface area contributed by atoms with Crippen molar-refractivity contribution in [2.24, 2.45) is 0 Å². The van der Waals surface area contributed by atoms with E-state index in [0.29, 0.717) is 18.4 Å². The molecule has 0 amide bonds. The summed E-state index contributed by atoms with van der Waals surface area (Å²) in [6.07, 6.45) is 4.87. The van der Waals surface area contributed by atoms with Crippen molar-refractivity contribution in [3.8, 4) is 16.9 Å². The van der Waals surface area contributed by atoms with Gasteiger partial charge in [0.1, 0.15) is 0 Å². The zero-order chi connectivity index (χ0) is 21.1. The second-order valence-corrected chi connectivity index (χ2v) is 7.92. The fraction of sp³-hybridized carbons (Fsp3) is 0.500. The molecular formula is C24H30F2O3. The number of methoxy groups -OCH3 is 1. The van der Waals surface area contributed by atoms with Crippen LogP contribution in [0.3, 0.4) is 0 Å². The van der Waals surface area contributed by atoms with Gasteiger partial charge in [-0.1, -0.05) is 37.6 Å². The number of ether oxygens (including phenoxy) is 2. The van der Waals surface area contributed by atoms with E-state index in [0.717, 1.165) is 31.2 Å². The van der Waals surface area contributed by atoms with E-state index in [4.69, 9.17) is 9.47 Å². The topological polar surface area (TPSA) is 38.7 Å². The predicted molar refractivity (Wildman–Crippen MR) is 110 cm³/mol. The highest BCUT2D eigenvalue weighted by atomic mass is 19.2. The molecule has 0 saturated heterocycles. The molecule has 3 rings (SSSR count). The number of hydrogen-bond acceptors (Lipinski definition) is 3. The summed E-state index contributed by atoms with van der Waals surface area (Å²) in [5.74, 6) is -1.99. The van der Waals surface area contributed by atoms with Gasteiger partial charge in [0.15, 0.2) is 11.6 Å². The van der Waals surface area contributed by atoms with Crippen molar-refractivity contribution in [1.29, 1.82) is 0 Å². The van der Waals surface area contributed by atoms with Crippen LogP contribution in [0.1, 0.15) is 57.9 Å². The minimum Gasteiger partial charge on any atom is -0.491 e. The number of aliphatic hydroxyl groups is 1. The van der Waals surface area contributed by atoms with Gasteiger partial charge in [-0.05, 0) is 62.3 Å². The average molecular weight is 404 g/mol. The van der Waals surface area contributed by atoms with E-state index in [1.54, 1.807) is 26.2 Å². The second kappa shape index (κ2) is 8.80. The van der Waals surface area contributed by atoms with Crippen molar-refractivity contribution in [3.05, 3.63) is 53.6 Å². The molecular weight excluding hydrogens is 374 g/mol. The van der Waals surface area contributed by atoms with Crippen molar-refractivity contribution in [2.45, 2.75) is 63.6 Å². The predicted octanol–water partition coefficient (Wildman–Crippen LogP) is 5.98. The Morgan fingerprint density at radius 3 is 2.14 bits per heavy atom. The summed E-state index contributed by atoms with van der Waals surface area (Å²) in [5.41, 5.74) is 0.467. The summed E-state index contributed by atoms with van der Waals surface area (Å²) in [7, 11) is 1.75. The van der Waals surface area contributed by atoms with Crippen LogP contribution in [0.2, 0.25) is 0 Å². The van der Waals surface area contributed by atoms with Crippen LogP contribution in [0.25, 0.3) is 11.1 Å². The molecule has 29 heavy (non-hydrogen) atoms. The monoisotopic (exact) mass is 404 g/mol. The molecule has 1 saturated carbocycles. The van der Waals surface area contributed by atoms with E-state index in [1.807, 2.05) is 12.1 Å². The van der Waals surface area contributed by atoms with Crippen LogP contribution in [0.15, 0.2) is 36.4 Å². The van der Waals surface area contributed by atoms with Gasteiger partial charge < -0.3 is 14.6 Å².